The Morgan fingerprint density at radius 1 is 1.08 bits per heavy atom. The number of aromatic nitrogens is 5. The number of hydrogen-bond donors (Lipinski definition) is 3. The van der Waals surface area contributed by atoms with Crippen molar-refractivity contribution >= 4 is 28.6 Å². The van der Waals surface area contributed by atoms with Crippen molar-refractivity contribution in [3.63, 3.8) is 0 Å². The third-order valence-corrected chi connectivity index (χ3v) is 4.04. The average molecular weight is 348 g/mol. The van der Waals surface area contributed by atoms with Gasteiger partial charge >= 0.3 is 11.9 Å². The van der Waals surface area contributed by atoms with Gasteiger partial charge in [-0.3, -0.25) is 0 Å². The highest BCUT2D eigenvalue weighted by Gasteiger charge is 2.22. The fourth-order valence-electron chi connectivity index (χ4n) is 2.81. The topological polar surface area (TPSA) is 106 Å². The average Bonchev–Trinajstić information content (AvgIpc) is 2.96. The van der Waals surface area contributed by atoms with Crippen molar-refractivity contribution in [2.75, 3.05) is 11.1 Å². The molecule has 0 spiro atoms. The molecule has 0 bridgehead atoms. The number of phenols is 1. The molecule has 8 heteroatoms. The van der Waals surface area contributed by atoms with Gasteiger partial charge in [0.25, 0.3) is 5.95 Å². The van der Waals surface area contributed by atoms with Crippen molar-refractivity contribution in [2.24, 2.45) is 7.05 Å². The number of phenolic OH excluding ortho intramolecular Hbond substituents is 1. The van der Waals surface area contributed by atoms with E-state index in [9.17, 15) is 5.11 Å². The minimum atomic E-state index is 0.172. The number of nitrogens with two attached hydrogens (primary N) is 1. The molecule has 4 aromatic rings. The van der Waals surface area contributed by atoms with Gasteiger partial charge in [0.1, 0.15) is 16.8 Å². The summed E-state index contributed by atoms with van der Waals surface area (Å²) in [4.78, 5) is 13.4. The van der Waals surface area contributed by atoms with Gasteiger partial charge in [-0.05, 0) is 24.3 Å². The Bertz CT molecular complexity index is 1120. The molecule has 4 N–H and O–H groups in total. The zero-order valence-electron chi connectivity index (χ0n) is 14.4. The Balaban J connectivity index is 1.96. The van der Waals surface area contributed by atoms with Gasteiger partial charge in [0.15, 0.2) is 0 Å². The van der Waals surface area contributed by atoms with E-state index < -0.39 is 0 Å². The summed E-state index contributed by atoms with van der Waals surface area (Å²) in [7, 11) is 1.80. The Kier molecular flexibility index (Phi) is 3.65. The first kappa shape index (κ1) is 15.8. The SMILES string of the molecule is Cc1nc(N)[n+](C)c(-n2c(Nc3cccc(O)c3)nc3ccccc32)n1. The zero-order valence-corrected chi connectivity index (χ0v) is 14.4. The molecule has 0 aliphatic heterocycles. The van der Waals surface area contributed by atoms with Crippen molar-refractivity contribution in [1.29, 1.82) is 0 Å². The first-order valence-corrected chi connectivity index (χ1v) is 8.07. The Morgan fingerprint density at radius 3 is 2.69 bits per heavy atom. The van der Waals surface area contributed by atoms with E-state index in [0.717, 1.165) is 11.0 Å². The summed E-state index contributed by atoms with van der Waals surface area (Å²) in [6.07, 6.45) is 0. The number of aromatic hydroxyl groups is 1. The normalized spacial score (nSPS) is 11.0. The lowest BCUT2D eigenvalue weighted by atomic mass is 10.3. The van der Waals surface area contributed by atoms with Crippen LogP contribution in [-0.4, -0.2) is 24.6 Å². The molecule has 0 aliphatic rings. The minimum Gasteiger partial charge on any atom is -0.508 e. The molecule has 2 aromatic heterocycles. The smallest absolute Gasteiger partial charge is 0.338 e. The predicted octanol–water partition coefficient (Wildman–Crippen LogP) is 1.98. The minimum absolute atomic E-state index is 0.172. The van der Waals surface area contributed by atoms with Gasteiger partial charge in [-0.1, -0.05) is 18.2 Å². The van der Waals surface area contributed by atoms with Crippen LogP contribution in [0.15, 0.2) is 48.5 Å². The van der Waals surface area contributed by atoms with Crippen LogP contribution in [0.1, 0.15) is 5.82 Å². The summed E-state index contributed by atoms with van der Waals surface area (Å²) in [6, 6.07) is 14.6. The fourth-order valence-corrected chi connectivity index (χ4v) is 2.81. The van der Waals surface area contributed by atoms with Crippen LogP contribution < -0.4 is 15.6 Å². The van der Waals surface area contributed by atoms with Gasteiger partial charge in [0, 0.05) is 25.7 Å². The molecule has 0 saturated heterocycles. The highest BCUT2D eigenvalue weighted by molar-refractivity contribution is 5.81. The highest BCUT2D eigenvalue weighted by atomic mass is 16.3. The van der Waals surface area contributed by atoms with Crippen LogP contribution >= 0.6 is 0 Å². The van der Waals surface area contributed by atoms with Crippen molar-refractivity contribution in [3.05, 3.63) is 54.4 Å². The van der Waals surface area contributed by atoms with E-state index in [1.807, 2.05) is 34.9 Å². The molecule has 0 amide bonds. The molecule has 2 heterocycles. The second-order valence-corrected chi connectivity index (χ2v) is 5.92. The maximum atomic E-state index is 9.73. The second-order valence-electron chi connectivity index (χ2n) is 5.92. The van der Waals surface area contributed by atoms with Crippen LogP contribution in [0.5, 0.6) is 5.75 Å². The Labute approximate surface area is 149 Å². The molecule has 0 saturated carbocycles. The van der Waals surface area contributed by atoms with E-state index >= 15 is 0 Å². The predicted molar refractivity (Wildman–Crippen MR) is 98.4 cm³/mol. The van der Waals surface area contributed by atoms with Crippen LogP contribution in [0.25, 0.3) is 17.0 Å². The molecule has 4 rings (SSSR count). The summed E-state index contributed by atoms with van der Waals surface area (Å²) < 4.78 is 3.58. The van der Waals surface area contributed by atoms with Crippen LogP contribution in [-0.2, 0) is 7.05 Å². The second kappa shape index (κ2) is 5.99. The number of para-hydroxylation sites is 2. The maximum absolute atomic E-state index is 9.73. The number of nitrogens with zero attached hydrogens (tertiary/aromatic N) is 5. The van der Waals surface area contributed by atoms with E-state index in [-0.39, 0.29) is 5.75 Å². The van der Waals surface area contributed by atoms with Crippen molar-refractivity contribution in [3.8, 4) is 11.7 Å². The van der Waals surface area contributed by atoms with Crippen LogP contribution in [0, 0.1) is 6.92 Å². The number of rotatable bonds is 3. The van der Waals surface area contributed by atoms with E-state index in [4.69, 9.17) is 5.73 Å². The quantitative estimate of drug-likeness (QED) is 0.489. The lowest BCUT2D eigenvalue weighted by Gasteiger charge is -2.09. The van der Waals surface area contributed by atoms with Crippen molar-refractivity contribution in [1.82, 2.24) is 19.5 Å². The Morgan fingerprint density at radius 2 is 1.88 bits per heavy atom. The van der Waals surface area contributed by atoms with Gasteiger partial charge in [-0.15, -0.1) is 9.97 Å². The number of imidazole rings is 1. The Hall–Kier alpha value is -3.68. The molecule has 26 heavy (non-hydrogen) atoms. The molecule has 2 aromatic carbocycles. The van der Waals surface area contributed by atoms with Crippen molar-refractivity contribution < 1.29 is 9.67 Å². The summed E-state index contributed by atoms with van der Waals surface area (Å²) in [5.41, 5.74) is 8.42. The standard InChI is InChI=1S/C18H17N7O/c1-11-20-16(19)24(2)18(21-11)25-15-9-4-3-8-14(15)23-17(25)22-12-6-5-7-13(26)10-12/h3-10,19H,1-2H3,(H2,22,23,26)/p+1. The van der Waals surface area contributed by atoms with E-state index in [1.165, 1.54) is 0 Å². The summed E-state index contributed by atoms with van der Waals surface area (Å²) in [5, 5.41) is 13.0. The summed E-state index contributed by atoms with van der Waals surface area (Å²) >= 11 is 0. The molecule has 0 fully saturated rings. The molecule has 130 valence electrons. The number of hydrogen-bond acceptors (Lipinski definition) is 6. The molecule has 0 unspecified atom stereocenters. The van der Waals surface area contributed by atoms with Gasteiger partial charge in [-0.2, -0.15) is 4.57 Å². The molecule has 8 nitrogen and oxygen atoms in total. The van der Waals surface area contributed by atoms with Gasteiger partial charge in [-0.25, -0.2) is 9.55 Å². The van der Waals surface area contributed by atoms with E-state index in [0.29, 0.717) is 29.4 Å². The van der Waals surface area contributed by atoms with Crippen molar-refractivity contribution in [2.45, 2.75) is 6.92 Å². The van der Waals surface area contributed by atoms with Crippen LogP contribution in [0.4, 0.5) is 17.6 Å². The maximum Gasteiger partial charge on any atom is 0.338 e. The van der Waals surface area contributed by atoms with E-state index in [1.54, 1.807) is 36.7 Å². The lowest BCUT2D eigenvalue weighted by molar-refractivity contribution is -0.656. The molecule has 0 radical (unpaired) electrons. The van der Waals surface area contributed by atoms with Crippen LogP contribution in [0.3, 0.4) is 0 Å². The third kappa shape index (κ3) is 2.67. The number of nitrogen functional groups attached to an aromatic ring is 1. The zero-order chi connectivity index (χ0) is 18.3. The van der Waals surface area contributed by atoms with Crippen LogP contribution in [0.2, 0.25) is 0 Å². The fraction of sp³-hybridized carbons (Fsp3) is 0.111. The molecular weight excluding hydrogens is 330 g/mol. The lowest BCUT2D eigenvalue weighted by Crippen LogP contribution is -2.40. The number of benzene rings is 2. The van der Waals surface area contributed by atoms with E-state index in [2.05, 4.69) is 20.3 Å². The summed E-state index contributed by atoms with van der Waals surface area (Å²) in [6.45, 7) is 1.79. The monoisotopic (exact) mass is 348 g/mol. The highest BCUT2D eigenvalue weighted by Crippen LogP contribution is 2.26. The first-order valence-electron chi connectivity index (χ1n) is 8.07. The molecule has 0 atom stereocenters. The van der Waals surface area contributed by atoms with Gasteiger partial charge in [0.2, 0.25) is 5.82 Å². The number of anilines is 3. The number of fused-ring (bicyclic) bond motifs is 1. The summed E-state index contributed by atoms with van der Waals surface area (Å²) in [5.74, 6) is 2.24. The molecule has 0 aliphatic carbocycles. The number of aryl methyl sites for hydroxylation is 1. The third-order valence-electron chi connectivity index (χ3n) is 4.04. The van der Waals surface area contributed by atoms with Gasteiger partial charge in [0.05, 0.1) is 0 Å². The largest absolute Gasteiger partial charge is 0.508 e. The number of nitrogens with one attached hydrogen (secondary N) is 1. The van der Waals surface area contributed by atoms with Gasteiger partial charge < -0.3 is 16.2 Å². The molecular formula is C18H18N7O+. The first-order chi connectivity index (χ1) is 12.5.